The van der Waals surface area contributed by atoms with Gasteiger partial charge in [-0.05, 0) is 47.7 Å². The monoisotopic (exact) mass is 421 g/mol. The molecule has 0 spiro atoms. The van der Waals surface area contributed by atoms with Gasteiger partial charge >= 0.3 is 0 Å². The summed E-state index contributed by atoms with van der Waals surface area (Å²) in [7, 11) is 0. The highest BCUT2D eigenvalue weighted by atomic mass is 16.2. The van der Waals surface area contributed by atoms with E-state index < -0.39 is 0 Å². The Morgan fingerprint density at radius 1 is 0.968 bits per heavy atom. The first kappa shape index (κ1) is 24.4. The number of imide groups is 1. The summed E-state index contributed by atoms with van der Waals surface area (Å²) in [5, 5.41) is 9.09. The molecule has 0 fully saturated rings. The van der Waals surface area contributed by atoms with E-state index in [2.05, 4.69) is 20.8 Å². The lowest BCUT2D eigenvalue weighted by Gasteiger charge is -2.14. The summed E-state index contributed by atoms with van der Waals surface area (Å²) in [6.45, 7) is 8.87. The Kier molecular flexibility index (Phi) is 9.51. The third kappa shape index (κ3) is 6.81. The number of unbranched alkanes of at least 4 members (excludes halogenated alkanes) is 3. The van der Waals surface area contributed by atoms with Gasteiger partial charge in [-0.25, -0.2) is 0 Å². The SMILES string of the molecule is C/C(=C\O)c1cccc(CN2C(=O)c3ccccc3C2=O)c1.CCCCCCC(C)C. The molecule has 0 aromatic heterocycles. The van der Waals surface area contributed by atoms with Gasteiger partial charge in [0.25, 0.3) is 11.8 Å². The van der Waals surface area contributed by atoms with Crippen LogP contribution in [0.3, 0.4) is 0 Å². The van der Waals surface area contributed by atoms with Crippen LogP contribution < -0.4 is 0 Å². The smallest absolute Gasteiger partial charge is 0.261 e. The maximum Gasteiger partial charge on any atom is 0.261 e. The van der Waals surface area contributed by atoms with Crippen LogP contribution in [-0.4, -0.2) is 21.8 Å². The maximum absolute atomic E-state index is 12.3. The van der Waals surface area contributed by atoms with Gasteiger partial charge in [-0.2, -0.15) is 0 Å². The molecule has 1 N–H and O–H groups in total. The fourth-order valence-electron chi connectivity index (χ4n) is 3.53. The van der Waals surface area contributed by atoms with Crippen molar-refractivity contribution in [1.29, 1.82) is 0 Å². The number of carbonyl (C=O) groups is 2. The molecule has 2 amide bonds. The molecule has 0 radical (unpaired) electrons. The van der Waals surface area contributed by atoms with Crippen molar-refractivity contribution in [1.82, 2.24) is 4.90 Å². The average molecular weight is 422 g/mol. The number of hydrogen-bond donors (Lipinski definition) is 1. The van der Waals surface area contributed by atoms with Gasteiger partial charge in [0.2, 0.25) is 0 Å². The first-order chi connectivity index (χ1) is 14.9. The van der Waals surface area contributed by atoms with Crippen LogP contribution in [0.25, 0.3) is 5.57 Å². The Morgan fingerprint density at radius 3 is 2.16 bits per heavy atom. The number of amides is 2. The molecule has 2 aromatic rings. The second kappa shape index (κ2) is 12.1. The Morgan fingerprint density at radius 2 is 1.61 bits per heavy atom. The topological polar surface area (TPSA) is 57.6 Å². The van der Waals surface area contributed by atoms with Gasteiger partial charge in [0, 0.05) is 0 Å². The third-order valence-corrected chi connectivity index (χ3v) is 5.43. The summed E-state index contributed by atoms with van der Waals surface area (Å²) in [4.78, 5) is 25.9. The first-order valence-electron chi connectivity index (χ1n) is 11.2. The predicted molar refractivity (Wildman–Crippen MR) is 127 cm³/mol. The molecule has 0 unspecified atom stereocenters. The van der Waals surface area contributed by atoms with Crippen molar-refractivity contribution in [3.8, 4) is 0 Å². The number of carbonyl (C=O) groups excluding carboxylic acids is 2. The second-order valence-corrected chi connectivity index (χ2v) is 8.50. The van der Waals surface area contributed by atoms with Crippen molar-refractivity contribution in [3.05, 3.63) is 77.0 Å². The number of nitrogens with zero attached hydrogens (tertiary/aromatic N) is 1. The summed E-state index contributed by atoms with van der Waals surface area (Å²) in [6.07, 6.45) is 8.12. The highest BCUT2D eigenvalue weighted by molar-refractivity contribution is 6.21. The molecule has 166 valence electrons. The maximum atomic E-state index is 12.3. The van der Waals surface area contributed by atoms with E-state index in [1.165, 1.54) is 37.0 Å². The summed E-state index contributed by atoms with van der Waals surface area (Å²) < 4.78 is 0. The van der Waals surface area contributed by atoms with E-state index in [1.807, 2.05) is 24.3 Å². The number of fused-ring (bicyclic) bond motifs is 1. The van der Waals surface area contributed by atoms with Crippen LogP contribution in [0, 0.1) is 5.92 Å². The number of rotatable bonds is 8. The number of allylic oxidation sites excluding steroid dienone is 1. The van der Waals surface area contributed by atoms with Gasteiger partial charge < -0.3 is 5.11 Å². The Hall–Kier alpha value is -2.88. The van der Waals surface area contributed by atoms with E-state index in [4.69, 9.17) is 5.11 Å². The lowest BCUT2D eigenvalue weighted by Crippen LogP contribution is -2.29. The number of aliphatic hydroxyl groups excluding tert-OH is 1. The number of aliphatic hydroxyl groups is 1. The molecule has 1 aliphatic heterocycles. The fraction of sp³-hybridized carbons (Fsp3) is 0.407. The van der Waals surface area contributed by atoms with Gasteiger partial charge in [0.1, 0.15) is 0 Å². The third-order valence-electron chi connectivity index (χ3n) is 5.43. The fourth-order valence-corrected chi connectivity index (χ4v) is 3.53. The zero-order valence-electron chi connectivity index (χ0n) is 19.2. The highest BCUT2D eigenvalue weighted by Crippen LogP contribution is 2.25. The van der Waals surface area contributed by atoms with E-state index >= 15 is 0 Å². The molecule has 0 aliphatic carbocycles. The van der Waals surface area contributed by atoms with Crippen LogP contribution >= 0.6 is 0 Å². The van der Waals surface area contributed by atoms with Crippen LogP contribution in [0.4, 0.5) is 0 Å². The van der Waals surface area contributed by atoms with Gasteiger partial charge in [0.15, 0.2) is 0 Å². The number of benzene rings is 2. The standard InChI is InChI=1S/C18H15NO3.C9H20/c1-12(11-20)14-6-4-5-13(9-14)10-19-17(21)15-7-2-3-8-16(15)18(19)22;1-4-5-6-7-8-9(2)3/h2-9,11,20H,10H2,1H3;9H,4-8H2,1-3H3/b12-11+;. The minimum atomic E-state index is -0.263. The lowest BCUT2D eigenvalue weighted by molar-refractivity contribution is 0.0642. The summed E-state index contributed by atoms with van der Waals surface area (Å²) in [5.41, 5.74) is 3.33. The predicted octanol–water partition coefficient (Wildman–Crippen LogP) is 7.01. The molecule has 0 saturated carbocycles. The summed E-state index contributed by atoms with van der Waals surface area (Å²) in [5.74, 6) is 0.378. The van der Waals surface area contributed by atoms with Crippen molar-refractivity contribution in [3.63, 3.8) is 0 Å². The first-order valence-corrected chi connectivity index (χ1v) is 11.2. The van der Waals surface area contributed by atoms with Crippen molar-refractivity contribution >= 4 is 17.4 Å². The lowest BCUT2D eigenvalue weighted by atomic mass is 10.1. The van der Waals surface area contributed by atoms with Crippen molar-refractivity contribution in [2.75, 3.05) is 0 Å². The highest BCUT2D eigenvalue weighted by Gasteiger charge is 2.34. The Bertz CT molecular complexity index is 879. The van der Waals surface area contributed by atoms with E-state index in [1.54, 1.807) is 31.2 Å². The van der Waals surface area contributed by atoms with Crippen molar-refractivity contribution in [2.24, 2.45) is 5.92 Å². The van der Waals surface area contributed by atoms with E-state index in [-0.39, 0.29) is 18.4 Å². The van der Waals surface area contributed by atoms with Crippen LogP contribution in [0.15, 0.2) is 54.8 Å². The molecule has 0 atom stereocenters. The van der Waals surface area contributed by atoms with Crippen LogP contribution in [-0.2, 0) is 6.54 Å². The Labute approximate surface area is 186 Å². The average Bonchev–Trinajstić information content (AvgIpc) is 3.02. The molecule has 0 bridgehead atoms. The van der Waals surface area contributed by atoms with Gasteiger partial charge in [-0.15, -0.1) is 0 Å². The van der Waals surface area contributed by atoms with E-state index in [9.17, 15) is 9.59 Å². The quantitative estimate of drug-likeness (QED) is 0.283. The minimum absolute atomic E-state index is 0.221. The van der Waals surface area contributed by atoms with Crippen molar-refractivity contribution < 1.29 is 14.7 Å². The normalized spacial score (nSPS) is 13.3. The Balaban J connectivity index is 0.000000323. The van der Waals surface area contributed by atoms with E-state index in [0.29, 0.717) is 11.1 Å². The zero-order valence-corrected chi connectivity index (χ0v) is 19.2. The molecule has 4 nitrogen and oxygen atoms in total. The van der Waals surface area contributed by atoms with Crippen molar-refractivity contribution in [2.45, 2.75) is 66.3 Å². The summed E-state index contributed by atoms with van der Waals surface area (Å²) >= 11 is 0. The molecule has 4 heteroatoms. The van der Waals surface area contributed by atoms with Gasteiger partial charge in [-0.1, -0.05) is 83.2 Å². The van der Waals surface area contributed by atoms with E-state index in [0.717, 1.165) is 28.9 Å². The molecular formula is C27H35NO3. The second-order valence-electron chi connectivity index (χ2n) is 8.50. The molecule has 3 rings (SSSR count). The molecule has 1 aliphatic rings. The molecule has 2 aromatic carbocycles. The van der Waals surface area contributed by atoms with Gasteiger partial charge in [0.05, 0.1) is 23.9 Å². The number of hydrogen-bond acceptors (Lipinski definition) is 3. The van der Waals surface area contributed by atoms with Crippen LogP contribution in [0.5, 0.6) is 0 Å². The van der Waals surface area contributed by atoms with Gasteiger partial charge in [-0.3, -0.25) is 14.5 Å². The van der Waals surface area contributed by atoms with Crippen LogP contribution in [0.2, 0.25) is 0 Å². The molecule has 0 saturated heterocycles. The molecular weight excluding hydrogens is 386 g/mol. The largest absolute Gasteiger partial charge is 0.515 e. The summed E-state index contributed by atoms with van der Waals surface area (Å²) in [6, 6.07) is 14.3. The molecule has 1 heterocycles. The molecule has 31 heavy (non-hydrogen) atoms. The minimum Gasteiger partial charge on any atom is -0.515 e. The zero-order chi connectivity index (χ0) is 22.8. The van der Waals surface area contributed by atoms with Crippen LogP contribution in [0.1, 0.15) is 91.6 Å².